The van der Waals surface area contributed by atoms with Gasteiger partial charge in [0, 0.05) is 6.42 Å². The van der Waals surface area contributed by atoms with Crippen LogP contribution in [0, 0.1) is 0 Å². The molecule has 0 unspecified atom stereocenters. The summed E-state index contributed by atoms with van der Waals surface area (Å²) in [5.74, 6) is 0. The van der Waals surface area contributed by atoms with E-state index in [2.05, 4.69) is 0 Å². The summed E-state index contributed by atoms with van der Waals surface area (Å²) in [6, 6.07) is 0. The monoisotopic (exact) mass is 148 g/mol. The van der Waals surface area contributed by atoms with Crippen LogP contribution in [0.4, 0.5) is 4.39 Å². The van der Waals surface area contributed by atoms with E-state index < -0.39 is 18.6 Å². The van der Waals surface area contributed by atoms with Gasteiger partial charge in [0.25, 0.3) is 0 Å². The van der Waals surface area contributed by atoms with Crippen molar-refractivity contribution in [3.8, 4) is 0 Å². The van der Waals surface area contributed by atoms with E-state index in [9.17, 15) is 4.39 Å². The molecule has 2 heterocycles. The number of hydrogen-bond acceptors (Lipinski definition) is 3. The normalized spacial score (nSPS) is 53.4. The highest BCUT2D eigenvalue weighted by atomic mass is 19.1. The third kappa shape index (κ3) is 0.836. The number of ether oxygens (including phenoxy) is 2. The van der Waals surface area contributed by atoms with Crippen molar-refractivity contribution < 1.29 is 19.0 Å². The molecule has 3 nitrogen and oxygen atoms in total. The fourth-order valence-electron chi connectivity index (χ4n) is 1.34. The number of aliphatic hydroxyl groups excluding tert-OH is 1. The Morgan fingerprint density at radius 1 is 1.50 bits per heavy atom. The molecule has 1 N–H and O–H groups in total. The van der Waals surface area contributed by atoms with Crippen LogP contribution in [-0.2, 0) is 9.47 Å². The Morgan fingerprint density at radius 2 is 2.30 bits per heavy atom. The van der Waals surface area contributed by atoms with Crippen LogP contribution in [0.25, 0.3) is 0 Å². The number of rotatable bonds is 0. The van der Waals surface area contributed by atoms with Gasteiger partial charge in [-0.25, -0.2) is 4.39 Å². The first-order chi connectivity index (χ1) is 4.77. The molecule has 2 saturated heterocycles. The highest BCUT2D eigenvalue weighted by Crippen LogP contribution is 2.29. The van der Waals surface area contributed by atoms with E-state index in [1.54, 1.807) is 0 Å². The van der Waals surface area contributed by atoms with Gasteiger partial charge in [0.05, 0.1) is 18.8 Å². The van der Waals surface area contributed by atoms with Gasteiger partial charge in [-0.15, -0.1) is 0 Å². The summed E-state index contributed by atoms with van der Waals surface area (Å²) >= 11 is 0. The lowest BCUT2D eigenvalue weighted by Crippen LogP contribution is -2.40. The number of fused-ring (bicyclic) bond motifs is 2. The molecule has 0 aromatic heterocycles. The molecule has 2 bridgehead atoms. The smallest absolute Gasteiger partial charge is 0.191 e. The Bertz CT molecular complexity index is 141. The lowest BCUT2D eigenvalue weighted by Gasteiger charge is -2.25. The fourth-order valence-corrected chi connectivity index (χ4v) is 1.34. The third-order valence-electron chi connectivity index (χ3n) is 1.90. The van der Waals surface area contributed by atoms with Gasteiger partial charge in [-0.3, -0.25) is 0 Å². The zero-order chi connectivity index (χ0) is 7.14. The highest BCUT2D eigenvalue weighted by molar-refractivity contribution is 4.85. The second-order valence-electron chi connectivity index (χ2n) is 2.71. The minimum atomic E-state index is -1.36. The molecule has 0 radical (unpaired) electrons. The Hall–Kier alpha value is -0.190. The number of aliphatic hydroxyl groups is 1. The van der Waals surface area contributed by atoms with E-state index in [-0.39, 0.29) is 6.10 Å². The first-order valence-electron chi connectivity index (χ1n) is 3.36. The quantitative estimate of drug-likeness (QED) is 0.518. The van der Waals surface area contributed by atoms with Gasteiger partial charge in [-0.05, 0) is 0 Å². The van der Waals surface area contributed by atoms with Gasteiger partial charge in [-0.1, -0.05) is 0 Å². The van der Waals surface area contributed by atoms with Crippen LogP contribution in [0.15, 0.2) is 0 Å². The molecule has 0 aliphatic carbocycles. The van der Waals surface area contributed by atoms with E-state index >= 15 is 0 Å². The predicted molar refractivity (Wildman–Crippen MR) is 30.1 cm³/mol. The molecule has 0 spiro atoms. The van der Waals surface area contributed by atoms with Gasteiger partial charge in [0.2, 0.25) is 0 Å². The number of hydrogen-bond donors (Lipinski definition) is 1. The van der Waals surface area contributed by atoms with E-state index in [4.69, 9.17) is 14.6 Å². The number of halogens is 1. The Labute approximate surface area is 57.7 Å². The van der Waals surface area contributed by atoms with Crippen molar-refractivity contribution in [3.63, 3.8) is 0 Å². The van der Waals surface area contributed by atoms with Crippen molar-refractivity contribution >= 4 is 0 Å². The average molecular weight is 148 g/mol. The van der Waals surface area contributed by atoms with Gasteiger partial charge >= 0.3 is 0 Å². The zero-order valence-electron chi connectivity index (χ0n) is 5.37. The maximum Gasteiger partial charge on any atom is 0.191 e. The van der Waals surface area contributed by atoms with Crippen LogP contribution < -0.4 is 0 Å². The minimum Gasteiger partial charge on any atom is -0.390 e. The Kier molecular flexibility index (Phi) is 1.40. The molecule has 4 heteroatoms. The predicted octanol–water partition coefficient (Wildman–Crippen LogP) is -0.169. The van der Waals surface area contributed by atoms with Gasteiger partial charge in [-0.2, -0.15) is 0 Å². The van der Waals surface area contributed by atoms with Crippen LogP contribution in [0.1, 0.15) is 6.42 Å². The molecule has 4 atom stereocenters. The zero-order valence-corrected chi connectivity index (χ0v) is 5.37. The van der Waals surface area contributed by atoms with Crippen LogP contribution in [-0.4, -0.2) is 36.4 Å². The van der Waals surface area contributed by atoms with Crippen molar-refractivity contribution in [2.45, 2.75) is 31.1 Å². The van der Waals surface area contributed by atoms with E-state index in [1.165, 1.54) is 0 Å². The fraction of sp³-hybridized carbons (Fsp3) is 1.00. The number of alkyl halides is 1. The molecule has 0 saturated carbocycles. The lowest BCUT2D eigenvalue weighted by atomic mass is 10.1. The van der Waals surface area contributed by atoms with E-state index in [1.807, 2.05) is 0 Å². The molecule has 10 heavy (non-hydrogen) atoms. The maximum atomic E-state index is 12.8. The van der Waals surface area contributed by atoms with Crippen molar-refractivity contribution in [2.24, 2.45) is 0 Å². The summed E-state index contributed by atoms with van der Waals surface area (Å²) in [4.78, 5) is 0. The summed E-state index contributed by atoms with van der Waals surface area (Å²) in [7, 11) is 0. The van der Waals surface area contributed by atoms with Gasteiger partial charge in [0.1, 0.15) is 0 Å². The minimum absolute atomic E-state index is 0.0907. The molecule has 2 aliphatic heterocycles. The molecular formula is C6H9FO3. The van der Waals surface area contributed by atoms with Crippen LogP contribution >= 0.6 is 0 Å². The van der Waals surface area contributed by atoms with Crippen LogP contribution in [0.5, 0.6) is 0 Å². The lowest BCUT2D eigenvalue weighted by molar-refractivity contribution is -0.166. The average Bonchev–Trinajstić information content (AvgIpc) is 2.29. The topological polar surface area (TPSA) is 38.7 Å². The van der Waals surface area contributed by atoms with Crippen molar-refractivity contribution in [1.29, 1.82) is 0 Å². The first-order valence-corrected chi connectivity index (χ1v) is 3.36. The molecule has 0 aromatic rings. The SMILES string of the molecule is O[C@H]1C[C@H]2CO[C@H](O2)[C@@H]1F. The summed E-state index contributed by atoms with van der Waals surface area (Å²) in [6.07, 6.45) is -2.80. The molecule has 2 aliphatic rings. The van der Waals surface area contributed by atoms with Crippen LogP contribution in [0.3, 0.4) is 0 Å². The Morgan fingerprint density at radius 3 is 3.10 bits per heavy atom. The third-order valence-corrected chi connectivity index (χ3v) is 1.90. The second-order valence-corrected chi connectivity index (χ2v) is 2.71. The summed E-state index contributed by atoms with van der Waals surface area (Å²) in [5, 5.41) is 9.02. The maximum absolute atomic E-state index is 12.8. The highest BCUT2D eigenvalue weighted by Gasteiger charge is 2.43. The first kappa shape index (κ1) is 6.52. The summed E-state index contributed by atoms with van der Waals surface area (Å²) < 4.78 is 22.7. The molecule has 0 amide bonds. The largest absolute Gasteiger partial charge is 0.390 e. The van der Waals surface area contributed by atoms with Crippen molar-refractivity contribution in [1.82, 2.24) is 0 Å². The standard InChI is InChI=1S/C6H9FO3/c7-5-4(8)1-3-2-9-6(5)10-3/h3-6,8H,1-2H2/t3-,4-,5+,6+/m0/s1. The second kappa shape index (κ2) is 2.15. The molecular weight excluding hydrogens is 139 g/mol. The molecule has 58 valence electrons. The molecule has 2 rings (SSSR count). The summed E-state index contributed by atoms with van der Waals surface area (Å²) in [6.45, 7) is 0.419. The van der Waals surface area contributed by atoms with E-state index in [0.717, 1.165) is 0 Å². The molecule has 0 aromatic carbocycles. The van der Waals surface area contributed by atoms with Gasteiger partial charge < -0.3 is 14.6 Å². The summed E-state index contributed by atoms with van der Waals surface area (Å²) in [5.41, 5.74) is 0. The van der Waals surface area contributed by atoms with E-state index in [0.29, 0.717) is 13.0 Å². The van der Waals surface area contributed by atoms with Crippen molar-refractivity contribution in [2.75, 3.05) is 6.61 Å². The van der Waals surface area contributed by atoms with Crippen molar-refractivity contribution in [3.05, 3.63) is 0 Å². The Balaban J connectivity index is 2.09. The van der Waals surface area contributed by atoms with Gasteiger partial charge in [0.15, 0.2) is 12.5 Å². The molecule has 2 fully saturated rings. The van der Waals surface area contributed by atoms with Crippen LogP contribution in [0.2, 0.25) is 0 Å².